The summed E-state index contributed by atoms with van der Waals surface area (Å²) in [7, 11) is 0. The van der Waals surface area contributed by atoms with Gasteiger partial charge in [0.2, 0.25) is 5.91 Å². The van der Waals surface area contributed by atoms with Crippen LogP contribution in [0.3, 0.4) is 0 Å². The van der Waals surface area contributed by atoms with Gasteiger partial charge in [-0.3, -0.25) is 4.79 Å². The Kier molecular flexibility index (Phi) is 6.21. The number of carbonyl (C=O) groups is 2. The molecule has 0 aromatic carbocycles. The predicted molar refractivity (Wildman–Crippen MR) is 52.5 cm³/mol. The molecule has 0 spiro atoms. The monoisotopic (exact) mass is 197 g/mol. The van der Waals surface area contributed by atoms with Gasteiger partial charge < -0.3 is 10.4 Å². The Balaban J connectivity index is 4.13. The molecule has 4 heteroatoms. The van der Waals surface area contributed by atoms with Crippen molar-refractivity contribution >= 4 is 11.9 Å². The van der Waals surface area contributed by atoms with Crippen molar-refractivity contribution in [2.45, 2.75) is 39.2 Å². The van der Waals surface area contributed by atoms with Gasteiger partial charge in [0.25, 0.3) is 0 Å². The highest BCUT2D eigenvalue weighted by Crippen LogP contribution is 1.91. The van der Waals surface area contributed by atoms with Crippen LogP contribution in [0, 0.1) is 11.8 Å². The molecular weight excluding hydrogens is 182 g/mol. The van der Waals surface area contributed by atoms with Gasteiger partial charge in [-0.25, -0.2) is 4.79 Å². The van der Waals surface area contributed by atoms with Crippen molar-refractivity contribution in [3.63, 3.8) is 0 Å². The van der Waals surface area contributed by atoms with Crippen LogP contribution in [-0.4, -0.2) is 23.0 Å². The number of hydrogen-bond donors (Lipinski definition) is 2. The first-order valence-corrected chi connectivity index (χ1v) is 4.56. The highest BCUT2D eigenvalue weighted by Gasteiger charge is 2.14. The maximum absolute atomic E-state index is 10.6. The molecule has 0 aromatic heterocycles. The van der Waals surface area contributed by atoms with E-state index in [1.807, 2.05) is 6.92 Å². The van der Waals surface area contributed by atoms with Crippen LogP contribution >= 0.6 is 0 Å². The van der Waals surface area contributed by atoms with E-state index in [2.05, 4.69) is 17.2 Å². The van der Waals surface area contributed by atoms with Crippen LogP contribution in [0.4, 0.5) is 0 Å². The van der Waals surface area contributed by atoms with Crippen molar-refractivity contribution in [1.29, 1.82) is 0 Å². The first-order chi connectivity index (χ1) is 6.57. The molecule has 1 atom stereocenters. The molecule has 2 N–H and O–H groups in total. The maximum atomic E-state index is 10.6. The van der Waals surface area contributed by atoms with Crippen LogP contribution in [0.1, 0.15) is 33.1 Å². The van der Waals surface area contributed by atoms with Crippen molar-refractivity contribution < 1.29 is 14.7 Å². The fraction of sp³-hybridized carbons (Fsp3) is 0.600. The van der Waals surface area contributed by atoms with Gasteiger partial charge in [-0.2, -0.15) is 0 Å². The average molecular weight is 197 g/mol. The Morgan fingerprint density at radius 3 is 2.57 bits per heavy atom. The summed E-state index contributed by atoms with van der Waals surface area (Å²) in [5.41, 5.74) is 0. The fourth-order valence-electron chi connectivity index (χ4n) is 0.802. The zero-order valence-corrected chi connectivity index (χ0v) is 8.46. The zero-order chi connectivity index (χ0) is 11.0. The van der Waals surface area contributed by atoms with Crippen LogP contribution in [-0.2, 0) is 9.59 Å². The lowest BCUT2D eigenvalue weighted by Crippen LogP contribution is -2.38. The second-order valence-corrected chi connectivity index (χ2v) is 2.90. The summed E-state index contributed by atoms with van der Waals surface area (Å²) >= 11 is 0. The predicted octanol–water partition coefficient (Wildman–Crippen LogP) is 0.769. The van der Waals surface area contributed by atoms with Crippen molar-refractivity contribution in [2.75, 3.05) is 0 Å². The molecule has 0 rings (SSSR count). The Hall–Kier alpha value is -1.50. The summed E-state index contributed by atoms with van der Waals surface area (Å²) in [6.45, 7) is 3.30. The van der Waals surface area contributed by atoms with Crippen LogP contribution in [0.25, 0.3) is 0 Å². The Labute approximate surface area is 83.7 Å². The molecule has 0 saturated carbocycles. The number of carbonyl (C=O) groups excluding carboxylic acids is 1. The minimum atomic E-state index is -1.12. The molecule has 0 heterocycles. The molecule has 0 fully saturated rings. The van der Waals surface area contributed by atoms with Gasteiger partial charge in [-0.15, -0.1) is 5.92 Å². The molecule has 0 aliphatic carbocycles. The SMILES string of the molecule is CCCCC#CC(NC(C)=O)C(=O)O. The molecule has 0 aromatic rings. The maximum Gasteiger partial charge on any atom is 0.338 e. The lowest BCUT2D eigenvalue weighted by atomic mass is 10.2. The summed E-state index contributed by atoms with van der Waals surface area (Å²) in [6, 6.07) is -1.08. The van der Waals surface area contributed by atoms with E-state index >= 15 is 0 Å². The molecule has 0 saturated heterocycles. The van der Waals surface area contributed by atoms with Crippen molar-refractivity contribution in [3.8, 4) is 11.8 Å². The second-order valence-electron chi connectivity index (χ2n) is 2.90. The first-order valence-electron chi connectivity index (χ1n) is 4.56. The minimum absolute atomic E-state index is 0.387. The minimum Gasteiger partial charge on any atom is -0.479 e. The number of carboxylic acids is 1. The first kappa shape index (κ1) is 12.5. The molecule has 0 radical (unpaired) electrons. The van der Waals surface area contributed by atoms with E-state index in [0.717, 1.165) is 12.8 Å². The van der Waals surface area contributed by atoms with Gasteiger partial charge in [0.15, 0.2) is 6.04 Å². The van der Waals surface area contributed by atoms with Crippen LogP contribution in [0.15, 0.2) is 0 Å². The van der Waals surface area contributed by atoms with E-state index in [1.165, 1.54) is 6.92 Å². The van der Waals surface area contributed by atoms with E-state index in [4.69, 9.17) is 5.11 Å². The number of rotatable bonds is 4. The molecule has 1 amide bonds. The third-order valence-electron chi connectivity index (χ3n) is 1.50. The number of nitrogens with one attached hydrogen (secondary N) is 1. The van der Waals surface area contributed by atoms with E-state index < -0.39 is 12.0 Å². The van der Waals surface area contributed by atoms with Crippen LogP contribution < -0.4 is 5.32 Å². The highest BCUT2D eigenvalue weighted by molar-refractivity contribution is 5.84. The molecule has 0 bridgehead atoms. The van der Waals surface area contributed by atoms with Crippen molar-refractivity contribution in [2.24, 2.45) is 0 Å². The van der Waals surface area contributed by atoms with Gasteiger partial charge in [0.05, 0.1) is 0 Å². The molecule has 0 aliphatic heterocycles. The summed E-state index contributed by atoms with van der Waals surface area (Å²) in [5.74, 6) is 3.72. The lowest BCUT2D eigenvalue weighted by molar-refractivity contribution is -0.139. The van der Waals surface area contributed by atoms with E-state index in [-0.39, 0.29) is 5.91 Å². The van der Waals surface area contributed by atoms with Crippen LogP contribution in [0.5, 0.6) is 0 Å². The Morgan fingerprint density at radius 1 is 1.50 bits per heavy atom. The van der Waals surface area contributed by atoms with Crippen molar-refractivity contribution in [3.05, 3.63) is 0 Å². The van der Waals surface area contributed by atoms with E-state index in [9.17, 15) is 9.59 Å². The molecule has 14 heavy (non-hydrogen) atoms. The van der Waals surface area contributed by atoms with Gasteiger partial charge in [0, 0.05) is 13.3 Å². The molecule has 1 unspecified atom stereocenters. The Morgan fingerprint density at radius 2 is 2.14 bits per heavy atom. The third kappa shape index (κ3) is 6.06. The second kappa shape index (κ2) is 6.96. The number of amides is 1. The van der Waals surface area contributed by atoms with E-state index in [0.29, 0.717) is 6.42 Å². The third-order valence-corrected chi connectivity index (χ3v) is 1.50. The largest absolute Gasteiger partial charge is 0.479 e. The molecule has 0 aliphatic rings. The fourth-order valence-corrected chi connectivity index (χ4v) is 0.802. The summed E-state index contributed by atoms with van der Waals surface area (Å²) in [6.07, 6.45) is 2.63. The van der Waals surface area contributed by atoms with Gasteiger partial charge in [-0.05, 0) is 6.42 Å². The smallest absolute Gasteiger partial charge is 0.338 e. The number of carboxylic acid groups (broad SMARTS) is 1. The zero-order valence-electron chi connectivity index (χ0n) is 8.46. The van der Waals surface area contributed by atoms with Gasteiger partial charge in [-0.1, -0.05) is 19.3 Å². The van der Waals surface area contributed by atoms with Gasteiger partial charge >= 0.3 is 5.97 Å². The highest BCUT2D eigenvalue weighted by atomic mass is 16.4. The average Bonchev–Trinajstić information content (AvgIpc) is 2.09. The summed E-state index contributed by atoms with van der Waals surface area (Å²) < 4.78 is 0. The number of unbranched alkanes of at least 4 members (excludes halogenated alkanes) is 2. The van der Waals surface area contributed by atoms with E-state index in [1.54, 1.807) is 0 Å². The molecule has 78 valence electrons. The summed E-state index contributed by atoms with van der Waals surface area (Å²) in [5, 5.41) is 10.9. The topological polar surface area (TPSA) is 66.4 Å². The summed E-state index contributed by atoms with van der Waals surface area (Å²) in [4.78, 5) is 21.2. The standard InChI is InChI=1S/C10H15NO3/c1-3-4-5-6-7-9(10(13)14)11-8(2)12/h9H,3-5H2,1-2H3,(H,11,12)(H,13,14). The molecular formula is C10H15NO3. The lowest BCUT2D eigenvalue weighted by Gasteiger charge is -2.04. The number of hydrogen-bond acceptors (Lipinski definition) is 2. The molecule has 4 nitrogen and oxygen atoms in total. The van der Waals surface area contributed by atoms with Crippen LogP contribution in [0.2, 0.25) is 0 Å². The normalized spacial score (nSPS) is 11.0. The van der Waals surface area contributed by atoms with Crippen molar-refractivity contribution in [1.82, 2.24) is 5.32 Å². The Bertz CT molecular complexity index is 262. The van der Waals surface area contributed by atoms with Gasteiger partial charge in [0.1, 0.15) is 0 Å². The number of aliphatic carboxylic acids is 1. The quantitative estimate of drug-likeness (QED) is 0.516.